The molecule has 120 valence electrons. The number of aliphatic imine (C=N–C) groups is 1. The van der Waals surface area contributed by atoms with Gasteiger partial charge in [-0.05, 0) is 17.7 Å². The van der Waals surface area contributed by atoms with Gasteiger partial charge < -0.3 is 21.1 Å². The van der Waals surface area contributed by atoms with Gasteiger partial charge in [0.25, 0.3) is 0 Å². The summed E-state index contributed by atoms with van der Waals surface area (Å²) in [5.74, 6) is -0.0857. The van der Waals surface area contributed by atoms with Crippen LogP contribution in [0.5, 0.6) is 0 Å². The third-order valence-electron chi connectivity index (χ3n) is 4.19. The van der Waals surface area contributed by atoms with Crippen molar-refractivity contribution in [3.8, 4) is 0 Å². The number of rotatable bonds is 3. The Labute approximate surface area is 136 Å². The molecule has 0 radical (unpaired) electrons. The molecule has 23 heavy (non-hydrogen) atoms. The average molecular weight is 333 g/mol. The summed E-state index contributed by atoms with van der Waals surface area (Å²) in [6, 6.07) is -0.608. The average Bonchev–Trinajstić information content (AvgIpc) is 3.03. The number of aliphatic carboxylic acids is 1. The first kappa shape index (κ1) is 14.3. The largest absolute Gasteiger partial charge is 0.477 e. The first-order valence-electron chi connectivity index (χ1n) is 7.17. The number of carbonyl (C=O) groups excluding carboxylic acids is 1. The Morgan fingerprint density at radius 3 is 3.17 bits per heavy atom. The summed E-state index contributed by atoms with van der Waals surface area (Å²) in [5, 5.41) is 12.4. The zero-order valence-electron chi connectivity index (χ0n) is 12.1. The minimum absolute atomic E-state index is 0.0662. The van der Waals surface area contributed by atoms with Gasteiger partial charge in [0.15, 0.2) is 5.84 Å². The summed E-state index contributed by atoms with van der Waals surface area (Å²) in [6.07, 6.45) is 5.68. The van der Waals surface area contributed by atoms with Crippen LogP contribution in [0.4, 0.5) is 0 Å². The Hall–Kier alpha value is -2.26. The van der Waals surface area contributed by atoms with Gasteiger partial charge in [0.1, 0.15) is 23.8 Å². The molecular weight excluding hydrogens is 318 g/mol. The molecule has 1 fully saturated rings. The number of β-lactam (4-membered cyclic amide) rings is 1. The molecule has 9 heteroatoms. The second-order valence-electron chi connectivity index (χ2n) is 5.56. The lowest BCUT2D eigenvalue weighted by Gasteiger charge is -2.48. The molecule has 4 aliphatic rings. The molecule has 1 unspecified atom stereocenters. The number of amides is 1. The van der Waals surface area contributed by atoms with Gasteiger partial charge in [0.05, 0.1) is 5.70 Å². The molecule has 4 aliphatic heterocycles. The molecule has 0 spiro atoms. The summed E-state index contributed by atoms with van der Waals surface area (Å²) in [7, 11) is 0. The lowest BCUT2D eigenvalue weighted by Crippen LogP contribution is -2.68. The Kier molecular flexibility index (Phi) is 3.20. The molecular formula is C14H15N5O3S. The maximum absolute atomic E-state index is 12.0. The van der Waals surface area contributed by atoms with Crippen LogP contribution >= 0.6 is 11.8 Å². The van der Waals surface area contributed by atoms with Gasteiger partial charge in [-0.1, -0.05) is 0 Å². The topological polar surface area (TPSA) is 111 Å². The van der Waals surface area contributed by atoms with Gasteiger partial charge in [-0.2, -0.15) is 0 Å². The number of allylic oxidation sites excluding steroid dienone is 2. The summed E-state index contributed by atoms with van der Waals surface area (Å²) in [5.41, 5.74) is 7.44. The van der Waals surface area contributed by atoms with Crippen molar-refractivity contribution in [3.05, 3.63) is 35.3 Å². The van der Waals surface area contributed by atoms with Crippen molar-refractivity contribution in [1.29, 1.82) is 0 Å². The van der Waals surface area contributed by atoms with Gasteiger partial charge in [-0.15, -0.1) is 11.8 Å². The Bertz CT molecular complexity index is 726. The number of carboxylic acids is 1. The summed E-state index contributed by atoms with van der Waals surface area (Å²) in [6.45, 7) is 0.898. The second-order valence-corrected chi connectivity index (χ2v) is 6.66. The first-order chi connectivity index (χ1) is 11.1. The van der Waals surface area contributed by atoms with Crippen molar-refractivity contribution < 1.29 is 14.7 Å². The molecule has 4 heterocycles. The van der Waals surface area contributed by atoms with E-state index in [2.05, 4.69) is 10.3 Å². The van der Waals surface area contributed by atoms with Gasteiger partial charge in [-0.25, -0.2) is 9.79 Å². The maximum atomic E-state index is 12.0. The number of nitrogens with one attached hydrogen (secondary N) is 1. The highest BCUT2D eigenvalue weighted by Gasteiger charge is 2.51. The van der Waals surface area contributed by atoms with E-state index in [0.29, 0.717) is 24.5 Å². The van der Waals surface area contributed by atoms with Crippen LogP contribution in [0, 0.1) is 0 Å². The molecule has 0 aromatic rings. The van der Waals surface area contributed by atoms with Crippen molar-refractivity contribution >= 4 is 29.5 Å². The molecule has 4 N–H and O–H groups in total. The molecule has 0 aliphatic carbocycles. The SMILES string of the molecule is NC1C(=O)N2C(C(=O)O)=C(CN3C=CC=C4NCN=C43)CS[C@H]12. The van der Waals surface area contributed by atoms with Crippen molar-refractivity contribution in [1.82, 2.24) is 15.1 Å². The number of hydrogen-bond donors (Lipinski definition) is 3. The standard InChI is InChI=1S/C14H15N5O3S/c15-9-12(20)19-10(14(21)22)7(5-23-13(9)19)4-18-3-1-2-8-11(18)17-6-16-8/h1-3,9,13,16H,4-6,15H2,(H,21,22)/t9?,13-/m1/s1. The van der Waals surface area contributed by atoms with Gasteiger partial charge in [-0.3, -0.25) is 9.69 Å². The second kappa shape index (κ2) is 5.14. The van der Waals surface area contributed by atoms with Crippen LogP contribution in [0.3, 0.4) is 0 Å². The monoisotopic (exact) mass is 333 g/mol. The van der Waals surface area contributed by atoms with E-state index < -0.39 is 12.0 Å². The minimum atomic E-state index is -1.09. The third kappa shape index (κ3) is 2.07. The third-order valence-corrected chi connectivity index (χ3v) is 5.55. The van der Waals surface area contributed by atoms with Crippen molar-refractivity contribution in [2.75, 3.05) is 19.0 Å². The van der Waals surface area contributed by atoms with Gasteiger partial charge >= 0.3 is 5.97 Å². The fourth-order valence-electron chi connectivity index (χ4n) is 3.09. The van der Waals surface area contributed by atoms with Crippen LogP contribution in [0.15, 0.2) is 40.3 Å². The van der Waals surface area contributed by atoms with E-state index in [0.717, 1.165) is 11.5 Å². The maximum Gasteiger partial charge on any atom is 0.352 e. The summed E-state index contributed by atoms with van der Waals surface area (Å²) >= 11 is 1.51. The molecule has 4 rings (SSSR count). The van der Waals surface area contributed by atoms with Crippen LogP contribution in [0.1, 0.15) is 0 Å². The zero-order chi connectivity index (χ0) is 16.1. The van der Waals surface area contributed by atoms with E-state index in [9.17, 15) is 14.7 Å². The molecule has 0 aromatic heterocycles. The van der Waals surface area contributed by atoms with E-state index in [1.54, 1.807) is 0 Å². The van der Waals surface area contributed by atoms with Gasteiger partial charge in [0.2, 0.25) is 5.91 Å². The fourth-order valence-corrected chi connectivity index (χ4v) is 4.37. The van der Waals surface area contributed by atoms with E-state index in [1.165, 1.54) is 16.7 Å². The Morgan fingerprint density at radius 2 is 2.39 bits per heavy atom. The molecule has 0 aromatic carbocycles. The quantitative estimate of drug-likeness (QED) is 0.582. The van der Waals surface area contributed by atoms with Crippen molar-refractivity contribution in [2.24, 2.45) is 10.7 Å². The fraction of sp³-hybridized carbons (Fsp3) is 0.357. The lowest BCUT2D eigenvalue weighted by atomic mass is 10.0. The normalized spacial score (nSPS) is 28.7. The molecule has 1 saturated heterocycles. The molecule has 2 atom stereocenters. The predicted molar refractivity (Wildman–Crippen MR) is 85.1 cm³/mol. The molecule has 1 amide bonds. The van der Waals surface area contributed by atoms with Crippen LogP contribution in [0.2, 0.25) is 0 Å². The number of carbonyl (C=O) groups is 2. The van der Waals surface area contributed by atoms with Crippen LogP contribution in [0.25, 0.3) is 0 Å². The number of nitrogens with two attached hydrogens (primary N) is 1. The molecule has 8 nitrogen and oxygen atoms in total. The number of fused-ring (bicyclic) bond motifs is 2. The number of hydrogen-bond acceptors (Lipinski definition) is 7. The van der Waals surface area contributed by atoms with Crippen molar-refractivity contribution in [2.45, 2.75) is 11.4 Å². The highest BCUT2D eigenvalue weighted by Crippen LogP contribution is 2.39. The highest BCUT2D eigenvalue weighted by atomic mass is 32.2. The number of nitrogens with zero attached hydrogens (tertiary/aromatic N) is 3. The van der Waals surface area contributed by atoms with E-state index in [1.807, 2.05) is 23.3 Å². The van der Waals surface area contributed by atoms with Gasteiger partial charge in [0, 0.05) is 18.5 Å². The lowest BCUT2D eigenvalue weighted by molar-refractivity contribution is -0.148. The Balaban J connectivity index is 1.64. The summed E-state index contributed by atoms with van der Waals surface area (Å²) < 4.78 is 0. The number of amidine groups is 1. The predicted octanol–water partition coefficient (Wildman–Crippen LogP) is -0.760. The minimum Gasteiger partial charge on any atom is -0.477 e. The molecule has 0 bridgehead atoms. The van der Waals surface area contributed by atoms with E-state index >= 15 is 0 Å². The van der Waals surface area contributed by atoms with Crippen molar-refractivity contribution in [3.63, 3.8) is 0 Å². The smallest absolute Gasteiger partial charge is 0.352 e. The Morgan fingerprint density at radius 1 is 1.57 bits per heavy atom. The summed E-state index contributed by atoms with van der Waals surface area (Å²) in [4.78, 5) is 31.2. The number of thioether (sulfide) groups is 1. The zero-order valence-corrected chi connectivity index (χ0v) is 12.9. The van der Waals surface area contributed by atoms with Crippen LogP contribution < -0.4 is 11.1 Å². The van der Waals surface area contributed by atoms with Crippen LogP contribution in [-0.2, 0) is 9.59 Å². The van der Waals surface area contributed by atoms with E-state index in [4.69, 9.17) is 5.73 Å². The molecule has 0 saturated carbocycles. The highest BCUT2D eigenvalue weighted by molar-refractivity contribution is 8.00. The first-order valence-corrected chi connectivity index (χ1v) is 8.22. The van der Waals surface area contributed by atoms with E-state index in [-0.39, 0.29) is 17.0 Å². The van der Waals surface area contributed by atoms with Crippen LogP contribution in [-0.4, -0.2) is 63.0 Å². The number of carboxylic acid groups (broad SMARTS) is 1.